The fourth-order valence-electron chi connectivity index (χ4n) is 4.08. The summed E-state index contributed by atoms with van der Waals surface area (Å²) in [5.41, 5.74) is 1.93. The standard InChI is InChI=1S/C24H26F3NO2/c25-24(26,27)20-6-3-4-17(10-13-20)8-9-18-11-14-21(15-12-18)28-23(30)22-7-2-1-5-19(22)16-29/h4,11,13-14,16,19,22H,1-3,5-7,10,12,15H2,(H,28,30). The Balaban J connectivity index is 1.58. The van der Waals surface area contributed by atoms with E-state index in [1.807, 2.05) is 12.2 Å². The van der Waals surface area contributed by atoms with Crippen molar-refractivity contribution in [2.24, 2.45) is 11.8 Å². The van der Waals surface area contributed by atoms with Crippen LogP contribution in [0.1, 0.15) is 57.8 Å². The molecule has 160 valence electrons. The molecule has 3 aliphatic rings. The molecule has 0 spiro atoms. The molecule has 0 aromatic heterocycles. The molecule has 0 bridgehead atoms. The number of halogens is 3. The molecule has 0 heterocycles. The van der Waals surface area contributed by atoms with Gasteiger partial charge in [-0.1, -0.05) is 36.8 Å². The summed E-state index contributed by atoms with van der Waals surface area (Å²) in [6.45, 7) is 0. The maximum atomic E-state index is 12.8. The third kappa shape index (κ3) is 5.98. The summed E-state index contributed by atoms with van der Waals surface area (Å²) in [6.07, 6.45) is 8.64. The van der Waals surface area contributed by atoms with Crippen LogP contribution in [0.3, 0.4) is 0 Å². The van der Waals surface area contributed by atoms with Crippen molar-refractivity contribution < 1.29 is 22.8 Å². The molecule has 3 rings (SSSR count). The lowest BCUT2D eigenvalue weighted by Crippen LogP contribution is -2.37. The van der Waals surface area contributed by atoms with Gasteiger partial charge in [0.15, 0.2) is 0 Å². The monoisotopic (exact) mass is 417 g/mol. The van der Waals surface area contributed by atoms with E-state index in [9.17, 15) is 22.8 Å². The molecule has 0 aliphatic heterocycles. The first-order valence-electron chi connectivity index (χ1n) is 10.5. The van der Waals surface area contributed by atoms with Crippen LogP contribution in [0.5, 0.6) is 0 Å². The highest BCUT2D eigenvalue weighted by molar-refractivity contribution is 5.83. The SMILES string of the molecule is O=CC1CCCCC1C(=O)NC1=CC=C(C#CC2=CCCC(C(F)(F)F)=CC2)CC1. The minimum Gasteiger partial charge on any atom is -0.330 e. The van der Waals surface area contributed by atoms with E-state index in [4.69, 9.17) is 0 Å². The number of hydrogen-bond donors (Lipinski definition) is 1. The van der Waals surface area contributed by atoms with Crippen LogP contribution < -0.4 is 5.32 Å². The summed E-state index contributed by atoms with van der Waals surface area (Å²) in [5.74, 6) is 5.52. The molecular weight excluding hydrogens is 391 g/mol. The fraction of sp³-hybridized carbons (Fsp3) is 0.500. The van der Waals surface area contributed by atoms with Crippen LogP contribution in [0, 0.1) is 23.7 Å². The molecule has 0 saturated heterocycles. The molecule has 1 amide bonds. The van der Waals surface area contributed by atoms with E-state index >= 15 is 0 Å². The van der Waals surface area contributed by atoms with Gasteiger partial charge in [0.2, 0.25) is 5.91 Å². The largest absolute Gasteiger partial charge is 0.412 e. The average Bonchev–Trinajstić information content (AvgIpc) is 2.99. The number of amides is 1. The zero-order valence-corrected chi connectivity index (χ0v) is 16.9. The second-order valence-electron chi connectivity index (χ2n) is 8.01. The van der Waals surface area contributed by atoms with E-state index in [1.165, 1.54) is 6.08 Å². The van der Waals surface area contributed by atoms with Crippen LogP contribution in [-0.2, 0) is 9.59 Å². The molecule has 0 aromatic rings. The van der Waals surface area contributed by atoms with E-state index < -0.39 is 11.7 Å². The van der Waals surface area contributed by atoms with Gasteiger partial charge in [0, 0.05) is 34.3 Å². The zero-order chi connectivity index (χ0) is 21.6. The van der Waals surface area contributed by atoms with Crippen molar-refractivity contribution in [3.63, 3.8) is 0 Å². The Morgan fingerprint density at radius 2 is 1.80 bits per heavy atom. The van der Waals surface area contributed by atoms with Crippen molar-refractivity contribution in [1.82, 2.24) is 5.32 Å². The first kappa shape index (κ1) is 22.1. The minimum atomic E-state index is -4.27. The van der Waals surface area contributed by atoms with Crippen LogP contribution in [0.15, 0.2) is 46.7 Å². The van der Waals surface area contributed by atoms with Crippen LogP contribution >= 0.6 is 0 Å². The van der Waals surface area contributed by atoms with Crippen molar-refractivity contribution in [3.05, 3.63) is 46.7 Å². The van der Waals surface area contributed by atoms with Gasteiger partial charge in [-0.2, -0.15) is 13.2 Å². The number of carbonyl (C=O) groups excluding carboxylic acids is 2. The number of hydrogen-bond acceptors (Lipinski definition) is 2. The lowest BCUT2D eigenvalue weighted by molar-refractivity contribution is -0.130. The number of alkyl halides is 3. The Kier molecular flexibility index (Phi) is 7.36. The van der Waals surface area contributed by atoms with Gasteiger partial charge in [0.25, 0.3) is 0 Å². The van der Waals surface area contributed by atoms with Gasteiger partial charge < -0.3 is 10.1 Å². The van der Waals surface area contributed by atoms with E-state index in [2.05, 4.69) is 17.2 Å². The van der Waals surface area contributed by atoms with Crippen molar-refractivity contribution in [2.45, 2.75) is 64.0 Å². The summed E-state index contributed by atoms with van der Waals surface area (Å²) >= 11 is 0. The van der Waals surface area contributed by atoms with E-state index in [-0.39, 0.29) is 30.6 Å². The van der Waals surface area contributed by atoms with Crippen molar-refractivity contribution in [2.75, 3.05) is 0 Å². The third-order valence-corrected chi connectivity index (χ3v) is 5.88. The smallest absolute Gasteiger partial charge is 0.330 e. The number of nitrogens with one attached hydrogen (secondary N) is 1. The number of aldehydes is 1. The molecule has 3 nitrogen and oxygen atoms in total. The molecule has 1 N–H and O–H groups in total. The molecule has 0 aromatic carbocycles. The Morgan fingerprint density at radius 1 is 1.03 bits per heavy atom. The summed E-state index contributed by atoms with van der Waals surface area (Å²) < 4.78 is 38.5. The molecule has 30 heavy (non-hydrogen) atoms. The summed E-state index contributed by atoms with van der Waals surface area (Å²) in [6, 6.07) is 0. The Bertz CT molecular complexity index is 865. The second kappa shape index (κ2) is 9.97. The minimum absolute atomic E-state index is 0.00483. The fourth-order valence-corrected chi connectivity index (χ4v) is 4.08. The maximum absolute atomic E-state index is 12.8. The van der Waals surface area contributed by atoms with Gasteiger partial charge >= 0.3 is 6.18 Å². The molecule has 6 heteroatoms. The van der Waals surface area contributed by atoms with Crippen LogP contribution in [0.2, 0.25) is 0 Å². The highest BCUT2D eigenvalue weighted by Gasteiger charge is 2.33. The maximum Gasteiger partial charge on any atom is 0.412 e. The van der Waals surface area contributed by atoms with Crippen LogP contribution in [0.4, 0.5) is 13.2 Å². The van der Waals surface area contributed by atoms with Crippen molar-refractivity contribution in [3.8, 4) is 11.8 Å². The highest BCUT2D eigenvalue weighted by Crippen LogP contribution is 2.32. The quantitative estimate of drug-likeness (QED) is 0.384. The Labute approximate surface area is 175 Å². The highest BCUT2D eigenvalue weighted by atomic mass is 19.4. The number of allylic oxidation sites excluding steroid dienone is 8. The predicted molar refractivity (Wildman–Crippen MR) is 109 cm³/mol. The molecule has 3 aliphatic carbocycles. The van der Waals surface area contributed by atoms with Crippen molar-refractivity contribution in [1.29, 1.82) is 0 Å². The van der Waals surface area contributed by atoms with E-state index in [1.54, 1.807) is 6.08 Å². The van der Waals surface area contributed by atoms with Crippen LogP contribution in [-0.4, -0.2) is 18.4 Å². The topological polar surface area (TPSA) is 46.2 Å². The third-order valence-electron chi connectivity index (χ3n) is 5.88. The lowest BCUT2D eigenvalue weighted by Gasteiger charge is -2.27. The summed E-state index contributed by atoms with van der Waals surface area (Å²) in [5, 5.41) is 2.95. The average molecular weight is 417 g/mol. The predicted octanol–water partition coefficient (Wildman–Crippen LogP) is 5.31. The van der Waals surface area contributed by atoms with Crippen LogP contribution in [0.25, 0.3) is 0 Å². The van der Waals surface area contributed by atoms with Gasteiger partial charge in [-0.25, -0.2) is 0 Å². The van der Waals surface area contributed by atoms with Gasteiger partial charge in [-0.05, 0) is 57.1 Å². The van der Waals surface area contributed by atoms with Gasteiger partial charge in [0.05, 0.1) is 0 Å². The summed E-state index contributed by atoms with van der Waals surface area (Å²) in [7, 11) is 0. The molecule has 2 unspecified atom stereocenters. The second-order valence-corrected chi connectivity index (χ2v) is 8.01. The zero-order valence-electron chi connectivity index (χ0n) is 16.9. The van der Waals surface area contributed by atoms with Crippen molar-refractivity contribution >= 4 is 12.2 Å². The normalized spacial score (nSPS) is 24.8. The first-order chi connectivity index (χ1) is 14.4. The van der Waals surface area contributed by atoms with Gasteiger partial charge in [0.1, 0.15) is 6.29 Å². The lowest BCUT2D eigenvalue weighted by atomic mass is 9.79. The first-order valence-corrected chi connectivity index (χ1v) is 10.5. The molecular formula is C24H26F3NO2. The number of carbonyl (C=O) groups is 2. The van der Waals surface area contributed by atoms with E-state index in [0.29, 0.717) is 24.8 Å². The van der Waals surface area contributed by atoms with E-state index in [0.717, 1.165) is 43.2 Å². The number of rotatable bonds is 3. The molecule has 0 radical (unpaired) electrons. The molecule has 1 saturated carbocycles. The molecule has 2 atom stereocenters. The molecule has 1 fully saturated rings. The summed E-state index contributed by atoms with van der Waals surface area (Å²) in [4.78, 5) is 23.7. The van der Waals surface area contributed by atoms with Gasteiger partial charge in [-0.15, -0.1) is 0 Å². The Morgan fingerprint density at radius 3 is 2.50 bits per heavy atom. The Hall–Kier alpha value is -2.55. The van der Waals surface area contributed by atoms with Gasteiger partial charge in [-0.3, -0.25) is 4.79 Å².